The quantitative estimate of drug-likeness (QED) is 0.306. The number of hydrazine groups is 1. The molecule has 4 N–H and O–H groups in total. The predicted octanol–water partition coefficient (Wildman–Crippen LogP) is 0.0567. The van der Waals surface area contributed by atoms with E-state index in [1.54, 1.807) is 11.0 Å². The lowest BCUT2D eigenvalue weighted by atomic mass is 9.96. The van der Waals surface area contributed by atoms with Crippen LogP contribution >= 0.6 is 0 Å². The van der Waals surface area contributed by atoms with Crippen molar-refractivity contribution in [3.63, 3.8) is 0 Å². The summed E-state index contributed by atoms with van der Waals surface area (Å²) in [5.74, 6) is 6.78. The lowest BCUT2D eigenvalue weighted by molar-refractivity contribution is 0.410. The summed E-state index contributed by atoms with van der Waals surface area (Å²) >= 11 is 0. The van der Waals surface area contributed by atoms with Crippen LogP contribution in [-0.2, 0) is 13.6 Å². The molecule has 1 aromatic rings. The second kappa shape index (κ2) is 6.34. The van der Waals surface area contributed by atoms with Gasteiger partial charge in [0.2, 0.25) is 5.96 Å². The van der Waals surface area contributed by atoms with Crippen molar-refractivity contribution in [2.75, 3.05) is 0 Å². The average Bonchev–Trinajstić information content (AvgIpc) is 2.81. The van der Waals surface area contributed by atoms with Crippen LogP contribution in [0.1, 0.15) is 37.9 Å². The fourth-order valence-corrected chi connectivity index (χ4v) is 2.18. The number of aromatic nitrogens is 3. The van der Waals surface area contributed by atoms with E-state index in [0.717, 1.165) is 0 Å². The summed E-state index contributed by atoms with van der Waals surface area (Å²) in [7, 11) is 1.84. The highest BCUT2D eigenvalue weighted by molar-refractivity contribution is 5.79. The number of nitrogens with one attached hydrogen (secondary N) is 2. The van der Waals surface area contributed by atoms with E-state index in [0.29, 0.717) is 24.4 Å². The minimum absolute atomic E-state index is 0.431. The minimum Gasteiger partial charge on any atom is -0.353 e. The fraction of sp³-hybridized carbons (Fsp3) is 0.727. The molecule has 7 nitrogen and oxygen atoms in total. The Bertz CT molecular complexity index is 392. The highest BCUT2D eigenvalue weighted by atomic mass is 15.3. The number of aliphatic imine (C=N–C) groups is 1. The summed E-state index contributed by atoms with van der Waals surface area (Å²) in [6, 6.07) is 0.477. The van der Waals surface area contributed by atoms with Crippen molar-refractivity contribution in [1.29, 1.82) is 0 Å². The first kappa shape index (κ1) is 12.8. The summed E-state index contributed by atoms with van der Waals surface area (Å²) in [6.45, 7) is 0.431. The Labute approximate surface area is 107 Å². The molecule has 1 aliphatic rings. The van der Waals surface area contributed by atoms with Gasteiger partial charge in [0, 0.05) is 13.1 Å². The number of rotatable bonds is 3. The molecule has 1 aromatic heterocycles. The van der Waals surface area contributed by atoms with E-state index in [1.807, 2.05) is 7.05 Å². The molecule has 0 saturated heterocycles. The van der Waals surface area contributed by atoms with Crippen molar-refractivity contribution in [3.8, 4) is 0 Å². The van der Waals surface area contributed by atoms with Crippen molar-refractivity contribution in [3.05, 3.63) is 12.2 Å². The predicted molar refractivity (Wildman–Crippen MR) is 69.5 cm³/mol. The number of nitrogens with zero attached hydrogens (tertiary/aromatic N) is 4. The van der Waals surface area contributed by atoms with Crippen LogP contribution in [0.25, 0.3) is 0 Å². The summed E-state index contributed by atoms with van der Waals surface area (Å²) < 4.78 is 1.66. The molecule has 1 aliphatic carbocycles. The summed E-state index contributed by atoms with van der Waals surface area (Å²) in [5, 5.41) is 7.50. The van der Waals surface area contributed by atoms with Gasteiger partial charge in [0.25, 0.3) is 0 Å². The second-order valence-electron chi connectivity index (χ2n) is 4.62. The van der Waals surface area contributed by atoms with Crippen molar-refractivity contribution in [2.24, 2.45) is 17.9 Å². The van der Waals surface area contributed by atoms with Gasteiger partial charge in [-0.15, -0.1) is 0 Å². The fourth-order valence-electron chi connectivity index (χ4n) is 2.18. The third-order valence-electron chi connectivity index (χ3n) is 3.11. The Kier molecular flexibility index (Phi) is 4.52. The number of hydrogen-bond acceptors (Lipinski definition) is 4. The topological polar surface area (TPSA) is 93.2 Å². The maximum atomic E-state index is 5.47. The molecule has 0 atom stereocenters. The van der Waals surface area contributed by atoms with E-state index in [1.165, 1.54) is 32.1 Å². The zero-order chi connectivity index (χ0) is 12.8. The SMILES string of the molecule is Cn1cnc(CN=C(NN)NC2CCCCC2)n1. The van der Waals surface area contributed by atoms with Gasteiger partial charge in [-0.3, -0.25) is 10.1 Å². The van der Waals surface area contributed by atoms with Crippen LogP contribution < -0.4 is 16.6 Å². The summed E-state index contributed by atoms with van der Waals surface area (Å²) in [4.78, 5) is 8.47. The summed E-state index contributed by atoms with van der Waals surface area (Å²) in [6.07, 6.45) is 7.91. The molecule has 0 radical (unpaired) electrons. The van der Waals surface area contributed by atoms with Crippen LogP contribution in [0.4, 0.5) is 0 Å². The number of hydrogen-bond donors (Lipinski definition) is 3. The van der Waals surface area contributed by atoms with Gasteiger partial charge in [-0.05, 0) is 12.8 Å². The van der Waals surface area contributed by atoms with E-state index in [-0.39, 0.29) is 0 Å². The Balaban J connectivity index is 1.86. The van der Waals surface area contributed by atoms with Crippen LogP contribution in [0, 0.1) is 0 Å². The molecule has 0 spiro atoms. The maximum absolute atomic E-state index is 5.47. The molecular formula is C11H21N7. The lowest BCUT2D eigenvalue weighted by Gasteiger charge is -2.24. The molecule has 1 heterocycles. The van der Waals surface area contributed by atoms with Crippen LogP contribution in [0.3, 0.4) is 0 Å². The average molecular weight is 251 g/mol. The highest BCUT2D eigenvalue weighted by Crippen LogP contribution is 2.17. The first-order valence-corrected chi connectivity index (χ1v) is 6.40. The Morgan fingerprint density at radius 1 is 1.50 bits per heavy atom. The van der Waals surface area contributed by atoms with Crippen molar-refractivity contribution < 1.29 is 0 Å². The van der Waals surface area contributed by atoms with Crippen molar-refractivity contribution in [1.82, 2.24) is 25.5 Å². The van der Waals surface area contributed by atoms with Crippen molar-refractivity contribution in [2.45, 2.75) is 44.7 Å². The molecule has 0 amide bonds. The van der Waals surface area contributed by atoms with Gasteiger partial charge in [0.15, 0.2) is 5.82 Å². The maximum Gasteiger partial charge on any atom is 0.206 e. The number of aryl methyl sites for hydroxylation is 1. The van der Waals surface area contributed by atoms with E-state index in [4.69, 9.17) is 5.84 Å². The normalized spacial score (nSPS) is 17.8. The summed E-state index contributed by atoms with van der Waals surface area (Å²) in [5.41, 5.74) is 2.60. The minimum atomic E-state index is 0.431. The smallest absolute Gasteiger partial charge is 0.206 e. The van der Waals surface area contributed by atoms with Gasteiger partial charge in [-0.25, -0.2) is 15.8 Å². The van der Waals surface area contributed by atoms with Crippen LogP contribution in [0.5, 0.6) is 0 Å². The van der Waals surface area contributed by atoms with Gasteiger partial charge in [-0.2, -0.15) is 5.10 Å². The molecule has 100 valence electrons. The number of nitrogens with two attached hydrogens (primary N) is 1. The molecule has 0 bridgehead atoms. The first-order valence-electron chi connectivity index (χ1n) is 6.40. The lowest BCUT2D eigenvalue weighted by Crippen LogP contribution is -2.47. The van der Waals surface area contributed by atoms with Gasteiger partial charge in [-0.1, -0.05) is 19.3 Å². The zero-order valence-corrected chi connectivity index (χ0v) is 10.8. The van der Waals surface area contributed by atoms with Gasteiger partial charge in [0.05, 0.1) is 0 Å². The second-order valence-corrected chi connectivity index (χ2v) is 4.62. The zero-order valence-electron chi connectivity index (χ0n) is 10.8. The largest absolute Gasteiger partial charge is 0.353 e. The van der Waals surface area contributed by atoms with Gasteiger partial charge in [0.1, 0.15) is 12.9 Å². The van der Waals surface area contributed by atoms with Crippen LogP contribution in [0.2, 0.25) is 0 Å². The monoisotopic (exact) mass is 251 g/mol. The highest BCUT2D eigenvalue weighted by Gasteiger charge is 2.14. The first-order chi connectivity index (χ1) is 8.78. The van der Waals surface area contributed by atoms with E-state index in [2.05, 4.69) is 25.8 Å². The van der Waals surface area contributed by atoms with Crippen molar-refractivity contribution >= 4 is 5.96 Å². The Morgan fingerprint density at radius 2 is 2.28 bits per heavy atom. The standard InChI is InChI=1S/C11H21N7/c1-18-8-14-10(17-18)7-13-11(16-12)15-9-5-3-2-4-6-9/h8-9H,2-7,12H2,1H3,(H2,13,15,16). The molecule has 0 aromatic carbocycles. The Hall–Kier alpha value is -1.63. The van der Waals surface area contributed by atoms with E-state index < -0.39 is 0 Å². The third kappa shape index (κ3) is 3.69. The Morgan fingerprint density at radius 3 is 2.89 bits per heavy atom. The van der Waals surface area contributed by atoms with E-state index in [9.17, 15) is 0 Å². The van der Waals surface area contributed by atoms with E-state index >= 15 is 0 Å². The van der Waals surface area contributed by atoms with Crippen LogP contribution in [0.15, 0.2) is 11.3 Å². The molecule has 1 fully saturated rings. The number of guanidine groups is 1. The molecule has 18 heavy (non-hydrogen) atoms. The molecule has 0 aliphatic heterocycles. The van der Waals surface area contributed by atoms with Gasteiger partial charge < -0.3 is 5.32 Å². The molecular weight excluding hydrogens is 230 g/mol. The van der Waals surface area contributed by atoms with Gasteiger partial charge >= 0.3 is 0 Å². The third-order valence-corrected chi connectivity index (χ3v) is 3.11. The molecule has 0 unspecified atom stereocenters. The molecule has 7 heteroatoms. The van der Waals surface area contributed by atoms with Crippen LogP contribution in [-0.4, -0.2) is 26.8 Å². The molecule has 1 saturated carbocycles. The molecule has 2 rings (SSSR count).